The molecule has 1 saturated heterocycles. The number of carboxylic acids is 1. The van der Waals surface area contributed by atoms with Gasteiger partial charge >= 0.3 is 12.0 Å². The molecule has 0 aromatic carbocycles. The van der Waals surface area contributed by atoms with Gasteiger partial charge in [0, 0.05) is 46.3 Å². The topological polar surface area (TPSA) is 64.1 Å². The Balaban J connectivity index is 2.29. The van der Waals surface area contributed by atoms with Crippen LogP contribution in [0.15, 0.2) is 0 Å². The number of urea groups is 1. The van der Waals surface area contributed by atoms with Crippen LogP contribution in [-0.2, 0) is 4.79 Å². The maximum Gasteiger partial charge on any atom is 0.319 e. The van der Waals surface area contributed by atoms with E-state index in [9.17, 15) is 9.59 Å². The van der Waals surface area contributed by atoms with E-state index in [4.69, 9.17) is 5.11 Å². The standard InChI is InChI=1S/C14H27N3O3/c1-12(2)4-6-15(3)14(20)17-10-8-16(9-11-17)7-5-13(18)19/h12H,4-11H2,1-3H3,(H,18,19). The molecule has 0 aromatic heterocycles. The van der Waals surface area contributed by atoms with Crippen LogP contribution in [0.25, 0.3) is 0 Å². The largest absolute Gasteiger partial charge is 0.481 e. The minimum Gasteiger partial charge on any atom is -0.481 e. The molecule has 0 radical (unpaired) electrons. The zero-order valence-electron chi connectivity index (χ0n) is 12.8. The third kappa shape index (κ3) is 5.77. The zero-order valence-corrected chi connectivity index (χ0v) is 12.8. The number of nitrogens with zero attached hydrogens (tertiary/aromatic N) is 3. The molecule has 6 heteroatoms. The molecule has 116 valence electrons. The Bertz CT molecular complexity index is 326. The van der Waals surface area contributed by atoms with Crippen molar-refractivity contribution in [3.8, 4) is 0 Å². The minimum absolute atomic E-state index is 0.0866. The van der Waals surface area contributed by atoms with E-state index in [1.54, 1.807) is 4.90 Å². The van der Waals surface area contributed by atoms with Gasteiger partial charge in [0.05, 0.1) is 6.42 Å². The zero-order chi connectivity index (χ0) is 15.1. The Morgan fingerprint density at radius 1 is 1.20 bits per heavy atom. The molecular weight excluding hydrogens is 258 g/mol. The summed E-state index contributed by atoms with van der Waals surface area (Å²) in [6, 6.07) is 0.0866. The number of carboxylic acid groups (broad SMARTS) is 1. The summed E-state index contributed by atoms with van der Waals surface area (Å²) in [5.41, 5.74) is 0. The molecule has 0 atom stereocenters. The van der Waals surface area contributed by atoms with E-state index in [0.717, 1.165) is 26.1 Å². The Kier molecular flexibility index (Phi) is 6.78. The molecule has 1 fully saturated rings. The summed E-state index contributed by atoms with van der Waals surface area (Å²) in [6.07, 6.45) is 1.18. The van der Waals surface area contributed by atoms with Crippen molar-refractivity contribution in [3.05, 3.63) is 0 Å². The smallest absolute Gasteiger partial charge is 0.319 e. The Hall–Kier alpha value is -1.30. The van der Waals surface area contributed by atoms with E-state index < -0.39 is 5.97 Å². The molecule has 0 saturated carbocycles. The van der Waals surface area contributed by atoms with Crippen LogP contribution in [0.4, 0.5) is 4.79 Å². The maximum absolute atomic E-state index is 12.2. The van der Waals surface area contributed by atoms with Crippen molar-refractivity contribution in [2.24, 2.45) is 5.92 Å². The predicted molar refractivity (Wildman–Crippen MR) is 77.7 cm³/mol. The maximum atomic E-state index is 12.2. The highest BCUT2D eigenvalue weighted by Crippen LogP contribution is 2.07. The third-order valence-corrected chi connectivity index (χ3v) is 3.65. The lowest BCUT2D eigenvalue weighted by Crippen LogP contribution is -2.52. The van der Waals surface area contributed by atoms with Gasteiger partial charge in [-0.25, -0.2) is 4.79 Å². The van der Waals surface area contributed by atoms with Gasteiger partial charge in [-0.1, -0.05) is 13.8 Å². The highest BCUT2D eigenvalue weighted by atomic mass is 16.4. The first-order valence-corrected chi connectivity index (χ1v) is 7.34. The van der Waals surface area contributed by atoms with Crippen molar-refractivity contribution < 1.29 is 14.7 Å². The summed E-state index contributed by atoms with van der Waals surface area (Å²) >= 11 is 0. The molecule has 1 N–H and O–H groups in total. The van der Waals surface area contributed by atoms with Gasteiger partial charge in [0.15, 0.2) is 0 Å². The van der Waals surface area contributed by atoms with E-state index >= 15 is 0 Å². The van der Waals surface area contributed by atoms with E-state index in [-0.39, 0.29) is 12.5 Å². The van der Waals surface area contributed by atoms with Crippen molar-refractivity contribution in [1.29, 1.82) is 0 Å². The number of piperazine rings is 1. The first-order valence-electron chi connectivity index (χ1n) is 7.34. The lowest BCUT2D eigenvalue weighted by atomic mass is 10.1. The second-order valence-electron chi connectivity index (χ2n) is 5.86. The Labute approximate surface area is 121 Å². The Morgan fingerprint density at radius 2 is 1.80 bits per heavy atom. The molecule has 1 aliphatic heterocycles. The van der Waals surface area contributed by atoms with Crippen LogP contribution in [0.1, 0.15) is 26.7 Å². The van der Waals surface area contributed by atoms with Gasteiger partial charge < -0.3 is 14.9 Å². The average molecular weight is 285 g/mol. The van der Waals surface area contributed by atoms with Gasteiger partial charge in [-0.2, -0.15) is 0 Å². The van der Waals surface area contributed by atoms with Gasteiger partial charge in [-0.05, 0) is 12.3 Å². The molecule has 0 aliphatic carbocycles. The molecule has 0 bridgehead atoms. The van der Waals surface area contributed by atoms with Crippen LogP contribution in [0.2, 0.25) is 0 Å². The molecule has 0 spiro atoms. The summed E-state index contributed by atoms with van der Waals surface area (Å²) in [6.45, 7) is 8.55. The Morgan fingerprint density at radius 3 is 2.30 bits per heavy atom. The highest BCUT2D eigenvalue weighted by Gasteiger charge is 2.23. The number of carbonyl (C=O) groups excluding carboxylic acids is 1. The minimum atomic E-state index is -0.767. The van der Waals surface area contributed by atoms with Crippen LogP contribution in [-0.4, -0.2) is 78.1 Å². The van der Waals surface area contributed by atoms with Crippen LogP contribution in [0.5, 0.6) is 0 Å². The second-order valence-corrected chi connectivity index (χ2v) is 5.86. The second kappa shape index (κ2) is 8.09. The molecule has 1 heterocycles. The molecule has 6 nitrogen and oxygen atoms in total. The molecular formula is C14H27N3O3. The summed E-state index contributed by atoms with van der Waals surface area (Å²) in [7, 11) is 1.85. The SMILES string of the molecule is CC(C)CCN(C)C(=O)N1CCN(CCC(=O)O)CC1. The fraction of sp³-hybridized carbons (Fsp3) is 0.857. The van der Waals surface area contributed by atoms with Gasteiger partial charge in [-0.3, -0.25) is 9.69 Å². The molecule has 2 amide bonds. The predicted octanol–water partition coefficient (Wildman–Crippen LogP) is 1.18. The van der Waals surface area contributed by atoms with Gasteiger partial charge in [0.1, 0.15) is 0 Å². The third-order valence-electron chi connectivity index (χ3n) is 3.65. The number of rotatable bonds is 6. The summed E-state index contributed by atoms with van der Waals surface area (Å²) in [5.74, 6) is -0.171. The normalized spacial score (nSPS) is 16.5. The van der Waals surface area contributed by atoms with E-state index in [2.05, 4.69) is 18.7 Å². The van der Waals surface area contributed by atoms with Crippen molar-refractivity contribution in [1.82, 2.24) is 14.7 Å². The molecule has 1 aliphatic rings. The summed E-state index contributed by atoms with van der Waals surface area (Å²) < 4.78 is 0. The quantitative estimate of drug-likeness (QED) is 0.796. The number of amides is 2. The van der Waals surface area contributed by atoms with E-state index in [1.165, 1.54) is 0 Å². The van der Waals surface area contributed by atoms with Crippen molar-refractivity contribution in [2.75, 3.05) is 46.3 Å². The number of aliphatic carboxylic acids is 1. The van der Waals surface area contributed by atoms with Gasteiger partial charge in [0.25, 0.3) is 0 Å². The fourth-order valence-electron chi connectivity index (χ4n) is 2.21. The average Bonchev–Trinajstić information content (AvgIpc) is 2.42. The van der Waals surface area contributed by atoms with Gasteiger partial charge in [0.2, 0.25) is 0 Å². The number of carbonyl (C=O) groups is 2. The highest BCUT2D eigenvalue weighted by molar-refractivity contribution is 5.74. The molecule has 0 unspecified atom stereocenters. The summed E-state index contributed by atoms with van der Waals surface area (Å²) in [4.78, 5) is 28.5. The first-order chi connectivity index (χ1) is 9.40. The molecule has 1 rings (SSSR count). The summed E-state index contributed by atoms with van der Waals surface area (Å²) in [5, 5.41) is 8.66. The monoisotopic (exact) mass is 285 g/mol. The van der Waals surface area contributed by atoms with Crippen molar-refractivity contribution in [2.45, 2.75) is 26.7 Å². The van der Waals surface area contributed by atoms with Gasteiger partial charge in [-0.15, -0.1) is 0 Å². The van der Waals surface area contributed by atoms with Crippen LogP contribution < -0.4 is 0 Å². The van der Waals surface area contributed by atoms with Crippen LogP contribution in [0.3, 0.4) is 0 Å². The van der Waals surface area contributed by atoms with E-state index in [1.807, 2.05) is 11.9 Å². The van der Waals surface area contributed by atoms with Crippen molar-refractivity contribution in [3.63, 3.8) is 0 Å². The number of hydrogen-bond donors (Lipinski definition) is 1. The lowest BCUT2D eigenvalue weighted by molar-refractivity contribution is -0.137. The van der Waals surface area contributed by atoms with Crippen LogP contribution in [0, 0.1) is 5.92 Å². The van der Waals surface area contributed by atoms with E-state index in [0.29, 0.717) is 25.6 Å². The molecule has 0 aromatic rings. The fourth-order valence-corrected chi connectivity index (χ4v) is 2.21. The first kappa shape index (κ1) is 16.8. The number of hydrogen-bond acceptors (Lipinski definition) is 3. The van der Waals surface area contributed by atoms with Crippen molar-refractivity contribution >= 4 is 12.0 Å². The molecule has 20 heavy (non-hydrogen) atoms. The van der Waals surface area contributed by atoms with Crippen LogP contribution >= 0.6 is 0 Å². The lowest BCUT2D eigenvalue weighted by Gasteiger charge is -2.36.